The first-order valence-corrected chi connectivity index (χ1v) is 9.23. The van der Waals surface area contributed by atoms with Crippen molar-refractivity contribution in [2.75, 3.05) is 40.4 Å². The lowest BCUT2D eigenvalue weighted by atomic mass is 10.0. The van der Waals surface area contributed by atoms with Crippen molar-refractivity contribution in [1.82, 2.24) is 19.8 Å². The highest BCUT2D eigenvalue weighted by Gasteiger charge is 2.23. The summed E-state index contributed by atoms with van der Waals surface area (Å²) in [5, 5.41) is 0. The summed E-state index contributed by atoms with van der Waals surface area (Å²) < 4.78 is 5.30. The summed E-state index contributed by atoms with van der Waals surface area (Å²) in [5.41, 5.74) is 1.63. The SMILES string of the molecule is COCCN(Cc1cc(=O)[nH]c(-c2ccccc2)n1)C1CCN(C)CC1. The fourth-order valence-corrected chi connectivity index (χ4v) is 3.49. The number of H-pyrrole nitrogens is 1. The molecule has 6 nitrogen and oxygen atoms in total. The summed E-state index contributed by atoms with van der Waals surface area (Å²) in [6.45, 7) is 4.40. The molecule has 1 aliphatic heterocycles. The molecule has 1 fully saturated rings. The van der Waals surface area contributed by atoms with Gasteiger partial charge in [0.15, 0.2) is 0 Å². The van der Waals surface area contributed by atoms with E-state index in [1.165, 1.54) is 0 Å². The highest BCUT2D eigenvalue weighted by atomic mass is 16.5. The van der Waals surface area contributed by atoms with Gasteiger partial charge in [-0.2, -0.15) is 0 Å². The Morgan fingerprint density at radius 3 is 2.69 bits per heavy atom. The van der Waals surface area contributed by atoms with Crippen molar-refractivity contribution in [1.29, 1.82) is 0 Å². The van der Waals surface area contributed by atoms with Crippen molar-refractivity contribution in [3.8, 4) is 11.4 Å². The number of rotatable bonds is 7. The molecule has 3 rings (SSSR count). The van der Waals surface area contributed by atoms with E-state index in [4.69, 9.17) is 9.72 Å². The molecule has 2 heterocycles. The zero-order chi connectivity index (χ0) is 18.4. The van der Waals surface area contributed by atoms with E-state index in [-0.39, 0.29) is 5.56 Å². The lowest BCUT2D eigenvalue weighted by Crippen LogP contribution is -2.44. The molecule has 0 bridgehead atoms. The average Bonchev–Trinajstić information content (AvgIpc) is 2.66. The summed E-state index contributed by atoms with van der Waals surface area (Å²) in [7, 11) is 3.89. The molecular weight excluding hydrogens is 328 g/mol. The van der Waals surface area contributed by atoms with Crippen LogP contribution in [0, 0.1) is 0 Å². The Balaban J connectivity index is 1.79. The van der Waals surface area contributed by atoms with Gasteiger partial charge < -0.3 is 14.6 Å². The molecule has 0 unspecified atom stereocenters. The number of aromatic amines is 1. The van der Waals surface area contributed by atoms with E-state index in [1.807, 2.05) is 30.3 Å². The minimum atomic E-state index is -0.107. The Kier molecular flexibility index (Phi) is 6.55. The van der Waals surface area contributed by atoms with E-state index in [1.54, 1.807) is 13.2 Å². The van der Waals surface area contributed by atoms with Gasteiger partial charge in [-0.1, -0.05) is 30.3 Å². The van der Waals surface area contributed by atoms with Gasteiger partial charge in [0.1, 0.15) is 5.82 Å². The lowest BCUT2D eigenvalue weighted by Gasteiger charge is -2.37. The highest BCUT2D eigenvalue weighted by molar-refractivity contribution is 5.54. The third kappa shape index (κ3) is 5.00. The van der Waals surface area contributed by atoms with Gasteiger partial charge in [0, 0.05) is 37.9 Å². The number of nitrogens with zero attached hydrogens (tertiary/aromatic N) is 3. The number of benzene rings is 1. The van der Waals surface area contributed by atoms with E-state index in [0.717, 1.165) is 43.7 Å². The molecule has 0 atom stereocenters. The number of nitrogens with one attached hydrogen (secondary N) is 1. The molecule has 1 saturated heterocycles. The van der Waals surface area contributed by atoms with E-state index < -0.39 is 0 Å². The quantitative estimate of drug-likeness (QED) is 0.822. The van der Waals surface area contributed by atoms with Crippen molar-refractivity contribution in [2.24, 2.45) is 0 Å². The van der Waals surface area contributed by atoms with Crippen LogP contribution in [0.4, 0.5) is 0 Å². The normalized spacial score (nSPS) is 16.3. The van der Waals surface area contributed by atoms with Crippen LogP contribution < -0.4 is 5.56 Å². The van der Waals surface area contributed by atoms with E-state index in [9.17, 15) is 4.79 Å². The Labute approximate surface area is 154 Å². The predicted molar refractivity (Wildman–Crippen MR) is 103 cm³/mol. The summed E-state index contributed by atoms with van der Waals surface area (Å²) in [5.74, 6) is 0.628. The molecule has 0 saturated carbocycles. The fourth-order valence-electron chi connectivity index (χ4n) is 3.49. The Morgan fingerprint density at radius 2 is 2.00 bits per heavy atom. The van der Waals surface area contributed by atoms with Crippen LogP contribution in [-0.4, -0.2) is 66.2 Å². The second kappa shape index (κ2) is 9.07. The molecule has 1 aromatic carbocycles. The van der Waals surface area contributed by atoms with Crippen molar-refractivity contribution in [3.63, 3.8) is 0 Å². The van der Waals surface area contributed by atoms with Crippen molar-refractivity contribution in [3.05, 3.63) is 52.4 Å². The first-order valence-electron chi connectivity index (χ1n) is 9.23. The van der Waals surface area contributed by atoms with Crippen LogP contribution in [0.25, 0.3) is 11.4 Å². The zero-order valence-electron chi connectivity index (χ0n) is 15.6. The van der Waals surface area contributed by atoms with Gasteiger partial charge in [-0.3, -0.25) is 9.69 Å². The molecule has 1 N–H and O–H groups in total. The summed E-state index contributed by atoms with van der Waals surface area (Å²) >= 11 is 0. The summed E-state index contributed by atoms with van der Waals surface area (Å²) in [6, 6.07) is 11.9. The Morgan fingerprint density at radius 1 is 1.27 bits per heavy atom. The van der Waals surface area contributed by atoms with Gasteiger partial charge >= 0.3 is 0 Å². The molecule has 0 radical (unpaired) electrons. The van der Waals surface area contributed by atoms with E-state index in [0.29, 0.717) is 25.0 Å². The lowest BCUT2D eigenvalue weighted by molar-refractivity contribution is 0.0793. The molecule has 1 aromatic heterocycles. The smallest absolute Gasteiger partial charge is 0.251 e. The van der Waals surface area contributed by atoms with Gasteiger partial charge in [0.2, 0.25) is 0 Å². The Bertz CT molecular complexity index is 739. The summed E-state index contributed by atoms with van der Waals surface area (Å²) in [4.78, 5) is 24.5. The number of aromatic nitrogens is 2. The topological polar surface area (TPSA) is 61.5 Å². The van der Waals surface area contributed by atoms with Crippen LogP contribution in [0.3, 0.4) is 0 Å². The van der Waals surface area contributed by atoms with Crippen LogP contribution in [-0.2, 0) is 11.3 Å². The molecule has 6 heteroatoms. The second-order valence-corrected chi connectivity index (χ2v) is 6.95. The van der Waals surface area contributed by atoms with Gasteiger partial charge in [0.25, 0.3) is 5.56 Å². The van der Waals surface area contributed by atoms with Crippen molar-refractivity contribution >= 4 is 0 Å². The monoisotopic (exact) mass is 356 g/mol. The van der Waals surface area contributed by atoms with Gasteiger partial charge in [0.05, 0.1) is 12.3 Å². The third-order valence-electron chi connectivity index (χ3n) is 4.99. The maximum Gasteiger partial charge on any atom is 0.251 e. The van der Waals surface area contributed by atoms with Gasteiger partial charge in [-0.05, 0) is 33.0 Å². The third-order valence-corrected chi connectivity index (χ3v) is 4.99. The van der Waals surface area contributed by atoms with Crippen molar-refractivity contribution in [2.45, 2.75) is 25.4 Å². The average molecular weight is 356 g/mol. The van der Waals surface area contributed by atoms with Gasteiger partial charge in [-0.15, -0.1) is 0 Å². The first kappa shape index (κ1) is 18.8. The number of methoxy groups -OCH3 is 1. The van der Waals surface area contributed by atoms with Crippen LogP contribution in [0.2, 0.25) is 0 Å². The second-order valence-electron chi connectivity index (χ2n) is 6.95. The molecule has 26 heavy (non-hydrogen) atoms. The Hall–Kier alpha value is -2.02. The zero-order valence-corrected chi connectivity index (χ0v) is 15.6. The number of hydrogen-bond acceptors (Lipinski definition) is 5. The van der Waals surface area contributed by atoms with Crippen LogP contribution in [0.1, 0.15) is 18.5 Å². The minimum absolute atomic E-state index is 0.107. The van der Waals surface area contributed by atoms with Crippen LogP contribution >= 0.6 is 0 Å². The van der Waals surface area contributed by atoms with E-state index >= 15 is 0 Å². The summed E-state index contributed by atoms with van der Waals surface area (Å²) in [6.07, 6.45) is 2.27. The molecular formula is C20H28N4O2. The highest BCUT2D eigenvalue weighted by Crippen LogP contribution is 2.18. The number of hydrogen-bond donors (Lipinski definition) is 1. The fraction of sp³-hybridized carbons (Fsp3) is 0.500. The maximum atomic E-state index is 12.2. The number of ether oxygens (including phenoxy) is 1. The molecule has 0 aliphatic carbocycles. The van der Waals surface area contributed by atoms with Gasteiger partial charge in [-0.25, -0.2) is 4.98 Å². The molecule has 2 aromatic rings. The first-order chi connectivity index (χ1) is 12.7. The van der Waals surface area contributed by atoms with Crippen molar-refractivity contribution < 1.29 is 4.74 Å². The molecule has 140 valence electrons. The number of piperidine rings is 1. The molecule has 0 amide bonds. The maximum absolute atomic E-state index is 12.2. The van der Waals surface area contributed by atoms with Crippen LogP contribution in [0.5, 0.6) is 0 Å². The largest absolute Gasteiger partial charge is 0.383 e. The number of likely N-dealkylation sites (tertiary alicyclic amines) is 1. The standard InChI is InChI=1S/C20H28N4O2/c1-23-10-8-18(9-11-23)24(12-13-26-2)15-17-14-19(25)22-20(21-17)16-6-4-3-5-7-16/h3-7,14,18H,8-13,15H2,1-2H3,(H,21,22,25). The molecule has 0 spiro atoms. The van der Waals surface area contributed by atoms with E-state index in [2.05, 4.69) is 21.8 Å². The predicted octanol–water partition coefficient (Wildman–Crippen LogP) is 1.98. The minimum Gasteiger partial charge on any atom is -0.383 e. The molecule has 1 aliphatic rings. The van der Waals surface area contributed by atoms with Crippen LogP contribution in [0.15, 0.2) is 41.2 Å².